The number of rotatable bonds is 0. The molecule has 0 radical (unpaired) electrons. The maximum atomic E-state index is 5.25. The zero-order valence-electron chi connectivity index (χ0n) is 3.05. The van der Waals surface area contributed by atoms with Crippen LogP contribution in [0.1, 0.15) is 0 Å². The molecule has 0 unspecified atom stereocenters. The van der Waals surface area contributed by atoms with Crippen LogP contribution in [0.25, 0.3) is 0 Å². The third kappa shape index (κ3) is 0.850. The molecule has 0 aromatic heterocycles. The van der Waals surface area contributed by atoms with Gasteiger partial charge < -0.3 is 0 Å². The van der Waals surface area contributed by atoms with Gasteiger partial charge in [0.1, 0.15) is 16.7 Å². The van der Waals surface area contributed by atoms with Crippen LogP contribution in [0.5, 0.6) is 0 Å². The Hall–Kier alpha value is 0.700. The molecule has 1 aliphatic rings. The van der Waals surface area contributed by atoms with E-state index in [1.54, 1.807) is 0 Å². The molecule has 0 aromatic carbocycles. The summed E-state index contributed by atoms with van der Waals surface area (Å²) in [6.07, 6.45) is 0. The predicted octanol–water partition coefficient (Wildman–Crippen LogP) is -0.450. The lowest BCUT2D eigenvalue weighted by molar-refractivity contribution is 1.30. The van der Waals surface area contributed by atoms with Crippen molar-refractivity contribution in [2.75, 3.05) is 0 Å². The molecule has 36 valence electrons. The average Bonchev–Trinajstić information content (AvgIpc) is 1.33. The number of nitrogens with two attached hydrogens (primary N) is 2. The summed E-state index contributed by atoms with van der Waals surface area (Å²) in [6, 6.07) is 0. The summed E-state index contributed by atoms with van der Waals surface area (Å²) in [4.78, 5) is 5.76. The lowest BCUT2D eigenvalue weighted by Gasteiger charge is -2.30. The molecular formula is H6N4P2. The van der Waals surface area contributed by atoms with Gasteiger partial charge in [0.15, 0.2) is 0 Å². The van der Waals surface area contributed by atoms with E-state index in [-0.39, 0.29) is 0 Å². The van der Waals surface area contributed by atoms with E-state index in [4.69, 9.17) is 11.0 Å². The zero-order chi connectivity index (χ0) is 4.57. The van der Waals surface area contributed by atoms with Crippen molar-refractivity contribution in [3.05, 3.63) is 0 Å². The second-order valence-electron chi connectivity index (χ2n) is 0.940. The van der Waals surface area contributed by atoms with Gasteiger partial charge in [-0.3, -0.25) is 11.0 Å². The molecule has 1 fully saturated rings. The van der Waals surface area contributed by atoms with Gasteiger partial charge in [0.25, 0.3) is 0 Å². The van der Waals surface area contributed by atoms with E-state index < -0.39 is 16.7 Å². The Bertz CT molecular complexity index is 41.5. The molecule has 6 heavy (non-hydrogen) atoms. The second kappa shape index (κ2) is 1.66. The largest absolute Gasteiger partial charge is 0.285 e. The molecule has 1 rings (SSSR count). The molecule has 1 heterocycles. The van der Waals surface area contributed by atoms with Crippen molar-refractivity contribution < 1.29 is 0 Å². The first-order valence-corrected chi connectivity index (χ1v) is 4.23. The first-order valence-electron chi connectivity index (χ1n) is 1.41. The summed E-state index contributed by atoms with van der Waals surface area (Å²) in [5.41, 5.74) is 10.5. The third-order valence-electron chi connectivity index (χ3n) is 0.431. The lowest BCUT2D eigenvalue weighted by atomic mass is 13.7. The first kappa shape index (κ1) is 4.85. The van der Waals surface area contributed by atoms with Crippen molar-refractivity contribution in [1.29, 1.82) is 0 Å². The van der Waals surface area contributed by atoms with Crippen LogP contribution in [-0.2, 0) is 0 Å². The Morgan fingerprint density at radius 2 is 1.33 bits per heavy atom. The van der Waals surface area contributed by atoms with E-state index in [2.05, 4.69) is 9.72 Å². The third-order valence-corrected chi connectivity index (χ3v) is 3.88. The van der Waals surface area contributed by atoms with Gasteiger partial charge in [-0.05, 0) is 0 Å². The van der Waals surface area contributed by atoms with Crippen LogP contribution < -0.4 is 20.7 Å². The monoisotopic (exact) mass is 124 g/mol. The molecule has 0 bridgehead atoms. The minimum Gasteiger partial charge on any atom is -0.285 e. The molecule has 0 amide bonds. The van der Waals surface area contributed by atoms with E-state index in [1.807, 2.05) is 0 Å². The van der Waals surface area contributed by atoms with Crippen LogP contribution in [0.4, 0.5) is 0 Å². The van der Waals surface area contributed by atoms with Crippen molar-refractivity contribution in [2.24, 2.45) is 11.0 Å². The summed E-state index contributed by atoms with van der Waals surface area (Å²) >= 11 is 0. The maximum Gasteiger partial charge on any atom is 0.120 e. The Balaban J connectivity index is 2.11. The van der Waals surface area contributed by atoms with E-state index in [0.717, 1.165) is 0 Å². The van der Waals surface area contributed by atoms with Gasteiger partial charge in [-0.15, -0.1) is 0 Å². The maximum absolute atomic E-state index is 5.25. The van der Waals surface area contributed by atoms with Crippen molar-refractivity contribution >= 4 is 16.7 Å². The van der Waals surface area contributed by atoms with Crippen LogP contribution >= 0.6 is 16.7 Å². The van der Waals surface area contributed by atoms with Gasteiger partial charge in [0.05, 0.1) is 0 Å². The first-order chi connectivity index (χ1) is 2.79. The zero-order valence-corrected chi connectivity index (χ0v) is 4.84. The average molecular weight is 124 g/mol. The van der Waals surface area contributed by atoms with Crippen molar-refractivity contribution in [3.63, 3.8) is 0 Å². The Morgan fingerprint density at radius 1 is 1.00 bits per heavy atom. The van der Waals surface area contributed by atoms with Gasteiger partial charge in [-0.1, -0.05) is 0 Å². The normalized spacial score (nSPS) is 45.0. The molecule has 1 saturated heterocycles. The van der Waals surface area contributed by atoms with E-state index in [0.29, 0.717) is 0 Å². The van der Waals surface area contributed by atoms with Gasteiger partial charge in [0.2, 0.25) is 0 Å². The second-order valence-corrected chi connectivity index (χ2v) is 4.02. The fourth-order valence-corrected chi connectivity index (χ4v) is 2.09. The molecule has 1 aliphatic heterocycles. The van der Waals surface area contributed by atoms with Crippen molar-refractivity contribution in [1.82, 2.24) is 9.72 Å². The summed E-state index contributed by atoms with van der Waals surface area (Å²) in [5, 5.41) is 0. The molecule has 0 saturated carbocycles. The summed E-state index contributed by atoms with van der Waals surface area (Å²) < 4.78 is 0. The Morgan fingerprint density at radius 3 is 1.33 bits per heavy atom. The molecule has 6 N–H and O–H groups in total. The summed E-state index contributed by atoms with van der Waals surface area (Å²) in [6.45, 7) is 0. The van der Waals surface area contributed by atoms with Crippen LogP contribution in [0.3, 0.4) is 0 Å². The molecule has 0 aliphatic carbocycles. The highest BCUT2D eigenvalue weighted by Gasteiger charge is 2.19. The Kier molecular flexibility index (Phi) is 1.34. The smallest absolute Gasteiger partial charge is 0.120 e. The summed E-state index contributed by atoms with van der Waals surface area (Å²) in [5.74, 6) is 0. The minimum atomic E-state index is -0.553. The van der Waals surface area contributed by atoms with Gasteiger partial charge in [-0.25, -0.2) is 9.72 Å². The number of nitrogens with one attached hydrogen (secondary N) is 2. The molecule has 4 nitrogen and oxygen atoms in total. The highest BCUT2D eigenvalue weighted by Crippen LogP contribution is 2.43. The van der Waals surface area contributed by atoms with Gasteiger partial charge >= 0.3 is 0 Å². The fourth-order valence-electron chi connectivity index (χ4n) is 0.232. The topological polar surface area (TPSA) is 76.1 Å². The van der Waals surface area contributed by atoms with Crippen molar-refractivity contribution in [2.45, 2.75) is 0 Å². The van der Waals surface area contributed by atoms with Gasteiger partial charge in [0, 0.05) is 0 Å². The molecular weight excluding hydrogens is 118 g/mol. The fraction of sp³-hybridized carbons (Fsp3) is 0. The number of hydrogen-bond acceptors (Lipinski definition) is 4. The van der Waals surface area contributed by atoms with E-state index >= 15 is 0 Å². The van der Waals surface area contributed by atoms with Gasteiger partial charge in [-0.2, -0.15) is 0 Å². The van der Waals surface area contributed by atoms with E-state index in [9.17, 15) is 0 Å². The molecule has 0 spiro atoms. The van der Waals surface area contributed by atoms with Crippen LogP contribution in [0.2, 0.25) is 0 Å². The predicted molar refractivity (Wildman–Crippen MR) is 28.5 cm³/mol. The van der Waals surface area contributed by atoms with E-state index in [1.165, 1.54) is 0 Å². The molecule has 0 atom stereocenters. The standard InChI is InChI=1S/H6N4P2/c1-5-3-6(2)4-5/h3-4H,1-2H2. The van der Waals surface area contributed by atoms with Crippen LogP contribution in [0, 0.1) is 0 Å². The molecule has 0 aromatic rings. The van der Waals surface area contributed by atoms with Crippen LogP contribution in [-0.4, -0.2) is 0 Å². The Labute approximate surface area is 38.5 Å². The lowest BCUT2D eigenvalue weighted by Crippen LogP contribution is -2.34. The highest BCUT2D eigenvalue weighted by molar-refractivity contribution is 7.81. The SMILES string of the molecule is NP1NP(N)N1. The highest BCUT2D eigenvalue weighted by atomic mass is 31.3. The van der Waals surface area contributed by atoms with Crippen molar-refractivity contribution in [3.8, 4) is 0 Å². The summed E-state index contributed by atoms with van der Waals surface area (Å²) in [7, 11) is -1.11. The quantitative estimate of drug-likeness (QED) is 0.330. The molecule has 6 heteroatoms. The minimum absolute atomic E-state index is 0.553. The number of hydrogen-bond donors (Lipinski definition) is 4. The van der Waals surface area contributed by atoms with Crippen LogP contribution in [0.15, 0.2) is 0 Å².